The third-order valence-electron chi connectivity index (χ3n) is 7.71. The number of pyridine rings is 1. The van der Waals surface area contributed by atoms with Crippen LogP contribution in [0.2, 0.25) is 0 Å². The van der Waals surface area contributed by atoms with E-state index in [1.54, 1.807) is 31.5 Å². The third kappa shape index (κ3) is 10.3. The first-order valence-electron chi connectivity index (χ1n) is 15.7. The van der Waals surface area contributed by atoms with E-state index in [-0.39, 0.29) is 0 Å². The highest BCUT2D eigenvalue weighted by atomic mass is 19.1. The molecule has 0 saturated carbocycles. The summed E-state index contributed by atoms with van der Waals surface area (Å²) in [5.74, 6) is 2.69. The number of halogens is 1. The van der Waals surface area contributed by atoms with E-state index in [9.17, 15) is 0 Å². The Morgan fingerprint density at radius 2 is 1.62 bits per heavy atom. The molecule has 0 amide bonds. The first-order valence-corrected chi connectivity index (χ1v) is 15.7. The van der Waals surface area contributed by atoms with Crippen LogP contribution in [0.3, 0.4) is 0 Å². The minimum absolute atomic E-state index is 0.292. The summed E-state index contributed by atoms with van der Waals surface area (Å²) in [6, 6.07) is 12.7. The number of ether oxygens (including phenoxy) is 2. The Hall–Kier alpha value is -4.85. The van der Waals surface area contributed by atoms with Gasteiger partial charge in [-0.2, -0.15) is 0 Å². The first kappa shape index (κ1) is 37.6. The number of piperidine rings is 1. The van der Waals surface area contributed by atoms with Crippen LogP contribution in [0.15, 0.2) is 67.6 Å². The number of anilines is 4. The van der Waals surface area contributed by atoms with E-state index in [1.165, 1.54) is 18.5 Å². The minimum atomic E-state index is -0.448. The van der Waals surface area contributed by atoms with Crippen molar-refractivity contribution < 1.29 is 28.9 Å². The molecule has 12 nitrogen and oxygen atoms in total. The molecule has 2 fully saturated rings. The van der Waals surface area contributed by atoms with Crippen LogP contribution in [-0.2, 0) is 4.79 Å². The molecular weight excluding hydrogens is 617 g/mol. The number of aliphatic hydroxyl groups excluding tert-OH is 2. The number of nitrogens with zero attached hydrogens (tertiary/aromatic N) is 5. The summed E-state index contributed by atoms with van der Waals surface area (Å²) in [6.45, 7) is 7.18. The van der Waals surface area contributed by atoms with Gasteiger partial charge in [-0.1, -0.05) is 6.58 Å². The number of aldehydes is 1. The predicted molar refractivity (Wildman–Crippen MR) is 188 cm³/mol. The molecule has 2 saturated heterocycles. The summed E-state index contributed by atoms with van der Waals surface area (Å²) in [5.41, 5.74) is 1.87. The van der Waals surface area contributed by atoms with Crippen LogP contribution in [-0.4, -0.2) is 96.9 Å². The number of hydrogen-bond acceptors (Lipinski definition) is 12. The maximum Gasteiger partial charge on any atom is 0.150 e. The molecule has 4 N–H and O–H groups in total. The maximum absolute atomic E-state index is 15.3. The highest BCUT2D eigenvalue weighted by molar-refractivity contribution is 5.95. The Morgan fingerprint density at radius 1 is 0.938 bits per heavy atom. The lowest BCUT2D eigenvalue weighted by Gasteiger charge is -2.30. The summed E-state index contributed by atoms with van der Waals surface area (Å²) in [4.78, 5) is 26.9. The number of likely N-dealkylation sites (tertiary alicyclic amines) is 1. The van der Waals surface area contributed by atoms with Crippen molar-refractivity contribution in [2.45, 2.75) is 31.7 Å². The van der Waals surface area contributed by atoms with Crippen LogP contribution >= 0.6 is 0 Å². The molecule has 0 spiro atoms. The van der Waals surface area contributed by atoms with Crippen molar-refractivity contribution >= 4 is 40.2 Å². The van der Waals surface area contributed by atoms with Crippen molar-refractivity contribution in [3.8, 4) is 17.2 Å². The maximum atomic E-state index is 15.3. The average Bonchev–Trinajstić information content (AvgIpc) is 3.68. The third-order valence-corrected chi connectivity index (χ3v) is 7.71. The van der Waals surface area contributed by atoms with E-state index in [2.05, 4.69) is 49.0 Å². The lowest BCUT2D eigenvalue weighted by atomic mass is 10.0. The van der Waals surface area contributed by atoms with Crippen molar-refractivity contribution in [1.82, 2.24) is 19.9 Å². The first-order chi connectivity index (χ1) is 23.5. The predicted octanol–water partition coefficient (Wildman–Crippen LogP) is 5.40. The van der Waals surface area contributed by atoms with Crippen LogP contribution in [0, 0.1) is 5.82 Å². The van der Waals surface area contributed by atoms with Crippen molar-refractivity contribution in [2.24, 2.45) is 0 Å². The molecule has 0 radical (unpaired) electrons. The number of allylic oxidation sites excluding steroid dienone is 1. The van der Waals surface area contributed by atoms with Crippen LogP contribution in [0.5, 0.6) is 17.2 Å². The van der Waals surface area contributed by atoms with Crippen molar-refractivity contribution in [3.63, 3.8) is 0 Å². The second kappa shape index (κ2) is 19.7. The molecule has 0 aliphatic carbocycles. The number of rotatable bonds is 9. The van der Waals surface area contributed by atoms with Gasteiger partial charge < -0.3 is 40.1 Å². The van der Waals surface area contributed by atoms with Crippen LogP contribution < -0.4 is 25.0 Å². The van der Waals surface area contributed by atoms with Gasteiger partial charge in [0.2, 0.25) is 0 Å². The molecule has 2 aromatic carbocycles. The highest BCUT2D eigenvalue weighted by Gasteiger charge is 2.20. The highest BCUT2D eigenvalue weighted by Crippen LogP contribution is 2.35. The molecule has 48 heavy (non-hydrogen) atoms. The van der Waals surface area contributed by atoms with Gasteiger partial charge in [0, 0.05) is 63.1 Å². The fourth-order valence-electron chi connectivity index (χ4n) is 5.34. The number of fused-ring (bicyclic) bond motifs is 1. The van der Waals surface area contributed by atoms with Crippen LogP contribution in [0.25, 0.3) is 10.9 Å². The molecule has 13 heteroatoms. The van der Waals surface area contributed by atoms with E-state index >= 15 is 4.39 Å². The zero-order chi connectivity index (χ0) is 34.9. The van der Waals surface area contributed by atoms with E-state index < -0.39 is 5.82 Å². The van der Waals surface area contributed by atoms with E-state index in [0.717, 1.165) is 83.0 Å². The molecule has 0 bridgehead atoms. The second-order valence-electron chi connectivity index (χ2n) is 10.8. The molecule has 258 valence electrons. The SMILES string of the molecule is C=CC=O.CO.CO.COc1cc2ncnc(Nc3ccc(Oc4ccnc(N5CCCC5)c4)cc3F)c2cc1NC1CCN(C)CC1. The summed E-state index contributed by atoms with van der Waals surface area (Å²) < 4.78 is 26.9. The average molecular weight is 664 g/mol. The number of methoxy groups -OCH3 is 1. The zero-order valence-electron chi connectivity index (χ0n) is 28.0. The molecular formula is C35H46FN7O5. The van der Waals surface area contributed by atoms with Gasteiger partial charge in [-0.05, 0) is 76.2 Å². The van der Waals surface area contributed by atoms with Crippen molar-refractivity contribution in [2.75, 3.05) is 70.1 Å². The minimum Gasteiger partial charge on any atom is -0.495 e. The Morgan fingerprint density at radius 3 is 2.27 bits per heavy atom. The smallest absolute Gasteiger partial charge is 0.150 e. The molecule has 2 aromatic heterocycles. The molecule has 4 heterocycles. The lowest BCUT2D eigenvalue weighted by molar-refractivity contribution is -0.104. The number of aliphatic hydroxyl groups is 2. The van der Waals surface area contributed by atoms with Gasteiger partial charge in [0.1, 0.15) is 47.3 Å². The van der Waals surface area contributed by atoms with E-state index in [1.807, 2.05) is 18.2 Å². The quantitative estimate of drug-likeness (QED) is 0.134. The summed E-state index contributed by atoms with van der Waals surface area (Å²) >= 11 is 0. The fraction of sp³-hybridized carbons (Fsp3) is 0.371. The molecule has 0 unspecified atom stereocenters. The fourth-order valence-corrected chi connectivity index (χ4v) is 5.34. The zero-order valence-corrected chi connectivity index (χ0v) is 28.0. The van der Waals surface area contributed by atoms with Gasteiger partial charge in [-0.3, -0.25) is 4.79 Å². The molecule has 2 aliphatic rings. The normalized spacial score (nSPS) is 14.3. The Balaban J connectivity index is 0.000000717. The van der Waals surface area contributed by atoms with Crippen molar-refractivity contribution in [1.29, 1.82) is 0 Å². The second-order valence-corrected chi connectivity index (χ2v) is 10.8. The largest absolute Gasteiger partial charge is 0.495 e. The molecule has 6 rings (SSSR count). The van der Waals surface area contributed by atoms with Crippen molar-refractivity contribution in [3.05, 3.63) is 73.5 Å². The van der Waals surface area contributed by atoms with Gasteiger partial charge in [0.15, 0.2) is 0 Å². The van der Waals surface area contributed by atoms with E-state index in [4.69, 9.17) is 24.5 Å². The topological polar surface area (TPSA) is 145 Å². The Labute approximate surface area is 281 Å². The molecule has 2 aliphatic heterocycles. The Bertz CT molecular complexity index is 1590. The summed E-state index contributed by atoms with van der Waals surface area (Å²) in [7, 11) is 5.80. The standard InChI is InChI=1S/C30H34FN7O2.C3H4O.2CH4O/c1-37-13-8-20(9-14-37)35-27-17-23-26(18-28(27)39-2)33-19-34-30(23)36-25-6-5-21(15-24(25)31)40-22-7-10-32-29(16-22)38-11-3-4-12-38;1-2-3-4;2*1-2/h5-7,10,15-20,35H,3-4,8-9,11-14H2,1-2H3,(H,33,34,36);2-3H,1H2;2*2H,1H3. The lowest BCUT2D eigenvalue weighted by Crippen LogP contribution is -2.36. The van der Waals surface area contributed by atoms with Crippen LogP contribution in [0.1, 0.15) is 25.7 Å². The number of carbonyl (C=O) groups excluding carboxylic acids is 1. The van der Waals surface area contributed by atoms with Gasteiger partial charge in [-0.15, -0.1) is 0 Å². The molecule has 4 aromatic rings. The number of aromatic nitrogens is 3. The number of carbonyl (C=O) groups is 1. The number of benzene rings is 2. The van der Waals surface area contributed by atoms with Gasteiger partial charge in [0.05, 0.1) is 24.0 Å². The monoisotopic (exact) mass is 663 g/mol. The van der Waals surface area contributed by atoms with Gasteiger partial charge in [-0.25, -0.2) is 19.3 Å². The number of hydrogen-bond donors (Lipinski definition) is 4. The summed E-state index contributed by atoms with van der Waals surface area (Å²) in [5, 5.41) is 21.6. The van der Waals surface area contributed by atoms with Gasteiger partial charge in [0.25, 0.3) is 0 Å². The molecule has 0 atom stereocenters. The summed E-state index contributed by atoms with van der Waals surface area (Å²) in [6.07, 6.45) is 9.44. The number of nitrogens with one attached hydrogen (secondary N) is 2. The van der Waals surface area contributed by atoms with Crippen LogP contribution in [0.4, 0.5) is 27.4 Å². The van der Waals surface area contributed by atoms with Gasteiger partial charge >= 0.3 is 0 Å². The van der Waals surface area contributed by atoms with E-state index in [0.29, 0.717) is 46.6 Å². The Kier molecular flexibility index (Phi) is 15.5.